The third kappa shape index (κ3) is 4.42. The normalized spacial score (nSPS) is 20.4. The second-order valence-corrected chi connectivity index (χ2v) is 5.60. The summed E-state index contributed by atoms with van der Waals surface area (Å²) in [7, 11) is 0. The molecule has 2 N–H and O–H groups in total. The van der Waals surface area contributed by atoms with Gasteiger partial charge in [0.25, 0.3) is 0 Å². The Labute approximate surface area is 101 Å². The van der Waals surface area contributed by atoms with E-state index in [1.807, 2.05) is 0 Å². The molecule has 1 unspecified atom stereocenters. The lowest BCUT2D eigenvalue weighted by Crippen LogP contribution is -2.43. The monoisotopic (exact) mass is 227 g/mol. The molecule has 0 spiro atoms. The van der Waals surface area contributed by atoms with Gasteiger partial charge < -0.3 is 10.4 Å². The van der Waals surface area contributed by atoms with Crippen LogP contribution in [0, 0.1) is 5.41 Å². The van der Waals surface area contributed by atoms with E-state index in [1.165, 1.54) is 44.9 Å². The fraction of sp³-hybridized carbons (Fsp3) is 1.00. The van der Waals surface area contributed by atoms with E-state index in [9.17, 15) is 0 Å². The molecule has 1 rings (SSSR count). The second kappa shape index (κ2) is 7.29. The highest BCUT2D eigenvalue weighted by molar-refractivity contribution is 4.89. The van der Waals surface area contributed by atoms with E-state index >= 15 is 0 Å². The Morgan fingerprint density at radius 3 is 2.56 bits per heavy atom. The van der Waals surface area contributed by atoms with Crippen LogP contribution in [-0.4, -0.2) is 24.3 Å². The molecule has 0 bridgehead atoms. The quantitative estimate of drug-likeness (QED) is 0.593. The molecule has 0 aromatic carbocycles. The van der Waals surface area contributed by atoms with Gasteiger partial charge in [-0.2, -0.15) is 0 Å². The van der Waals surface area contributed by atoms with Gasteiger partial charge in [0.2, 0.25) is 0 Å². The van der Waals surface area contributed by atoms with Crippen LogP contribution < -0.4 is 5.32 Å². The predicted molar refractivity (Wildman–Crippen MR) is 69.6 cm³/mol. The van der Waals surface area contributed by atoms with Crippen molar-refractivity contribution in [3.05, 3.63) is 0 Å². The maximum Gasteiger partial charge on any atom is 0.0436 e. The number of hydrogen-bond donors (Lipinski definition) is 2. The highest BCUT2D eigenvalue weighted by atomic mass is 16.3. The van der Waals surface area contributed by atoms with Crippen LogP contribution in [0.2, 0.25) is 0 Å². The molecule has 1 saturated carbocycles. The molecule has 0 saturated heterocycles. The lowest BCUT2D eigenvalue weighted by atomic mass is 9.66. The van der Waals surface area contributed by atoms with Crippen LogP contribution in [0.3, 0.4) is 0 Å². The molecular weight excluding hydrogens is 198 g/mol. The van der Waals surface area contributed by atoms with Crippen molar-refractivity contribution in [3.8, 4) is 0 Å². The van der Waals surface area contributed by atoms with E-state index in [2.05, 4.69) is 19.2 Å². The largest absolute Gasteiger partial charge is 0.396 e. The Balaban J connectivity index is 2.12. The molecule has 0 aromatic rings. The number of hydrogen-bond acceptors (Lipinski definition) is 2. The molecule has 0 aliphatic heterocycles. The van der Waals surface area contributed by atoms with Crippen LogP contribution in [0.1, 0.15) is 65.2 Å². The topological polar surface area (TPSA) is 32.3 Å². The molecule has 96 valence electrons. The van der Waals surface area contributed by atoms with Crippen molar-refractivity contribution in [2.75, 3.05) is 13.2 Å². The predicted octanol–water partition coefficient (Wildman–Crippen LogP) is 3.10. The number of rotatable bonds is 9. The smallest absolute Gasteiger partial charge is 0.0436 e. The number of aliphatic hydroxyl groups is 1. The van der Waals surface area contributed by atoms with Gasteiger partial charge >= 0.3 is 0 Å². The van der Waals surface area contributed by atoms with Crippen LogP contribution in [-0.2, 0) is 0 Å². The van der Waals surface area contributed by atoms with E-state index in [0.29, 0.717) is 18.1 Å². The van der Waals surface area contributed by atoms with Gasteiger partial charge in [-0.15, -0.1) is 0 Å². The molecule has 0 radical (unpaired) electrons. The van der Waals surface area contributed by atoms with E-state index in [0.717, 1.165) is 13.0 Å². The van der Waals surface area contributed by atoms with Gasteiger partial charge in [0.15, 0.2) is 0 Å². The van der Waals surface area contributed by atoms with Crippen LogP contribution >= 0.6 is 0 Å². The number of unbranched alkanes of at least 4 members (excludes halogenated alkanes) is 2. The molecule has 0 heterocycles. The van der Waals surface area contributed by atoms with Crippen LogP contribution in [0.4, 0.5) is 0 Å². The highest BCUT2D eigenvalue weighted by Gasteiger charge is 2.35. The first-order chi connectivity index (χ1) is 7.72. The van der Waals surface area contributed by atoms with Crippen LogP contribution in [0.25, 0.3) is 0 Å². The molecule has 2 heteroatoms. The van der Waals surface area contributed by atoms with Crippen molar-refractivity contribution >= 4 is 0 Å². The van der Waals surface area contributed by atoms with Gasteiger partial charge in [0, 0.05) is 19.2 Å². The van der Waals surface area contributed by atoms with Crippen LogP contribution in [0.15, 0.2) is 0 Å². The lowest BCUT2D eigenvalue weighted by Gasteiger charge is -2.42. The standard InChI is InChI=1S/C14H29NO/c1-3-4-5-7-13(2)15-12-14(10-11-16)8-6-9-14/h13,15-16H,3-12H2,1-2H3. The Hall–Kier alpha value is -0.0800. The van der Waals surface area contributed by atoms with Gasteiger partial charge in [0.1, 0.15) is 0 Å². The van der Waals surface area contributed by atoms with Crippen molar-refractivity contribution < 1.29 is 5.11 Å². The first kappa shape index (κ1) is 14.0. The number of nitrogens with one attached hydrogen (secondary N) is 1. The lowest BCUT2D eigenvalue weighted by molar-refractivity contribution is 0.0828. The summed E-state index contributed by atoms with van der Waals surface area (Å²) >= 11 is 0. The first-order valence-corrected chi connectivity index (χ1v) is 7.07. The van der Waals surface area contributed by atoms with Crippen molar-refractivity contribution in [3.63, 3.8) is 0 Å². The molecule has 1 aliphatic rings. The van der Waals surface area contributed by atoms with E-state index in [-0.39, 0.29) is 0 Å². The third-order valence-electron chi connectivity index (χ3n) is 4.12. The van der Waals surface area contributed by atoms with E-state index in [1.54, 1.807) is 0 Å². The van der Waals surface area contributed by atoms with Crippen molar-refractivity contribution in [2.24, 2.45) is 5.41 Å². The Kier molecular flexibility index (Phi) is 6.37. The van der Waals surface area contributed by atoms with Gasteiger partial charge in [-0.1, -0.05) is 32.6 Å². The SMILES string of the molecule is CCCCCC(C)NCC1(CCO)CCC1. The van der Waals surface area contributed by atoms with Gasteiger partial charge in [0.05, 0.1) is 0 Å². The Morgan fingerprint density at radius 2 is 2.06 bits per heavy atom. The second-order valence-electron chi connectivity index (χ2n) is 5.60. The minimum Gasteiger partial charge on any atom is -0.396 e. The Morgan fingerprint density at radius 1 is 1.31 bits per heavy atom. The van der Waals surface area contributed by atoms with Crippen LogP contribution in [0.5, 0.6) is 0 Å². The molecule has 1 atom stereocenters. The summed E-state index contributed by atoms with van der Waals surface area (Å²) in [5.74, 6) is 0. The average molecular weight is 227 g/mol. The summed E-state index contributed by atoms with van der Waals surface area (Å²) in [5, 5.41) is 12.7. The number of aliphatic hydroxyl groups excluding tert-OH is 1. The third-order valence-corrected chi connectivity index (χ3v) is 4.12. The Bertz CT molecular complexity index is 178. The van der Waals surface area contributed by atoms with Gasteiger partial charge in [-0.05, 0) is 38.0 Å². The zero-order valence-electron chi connectivity index (χ0n) is 11.1. The molecule has 0 aromatic heterocycles. The maximum absolute atomic E-state index is 9.08. The molecule has 1 aliphatic carbocycles. The summed E-state index contributed by atoms with van der Waals surface area (Å²) in [6.45, 7) is 6.01. The summed E-state index contributed by atoms with van der Waals surface area (Å²) < 4.78 is 0. The van der Waals surface area contributed by atoms with Crippen molar-refractivity contribution in [2.45, 2.75) is 71.3 Å². The molecule has 0 amide bonds. The van der Waals surface area contributed by atoms with Gasteiger partial charge in [-0.3, -0.25) is 0 Å². The van der Waals surface area contributed by atoms with E-state index < -0.39 is 0 Å². The zero-order valence-corrected chi connectivity index (χ0v) is 11.1. The van der Waals surface area contributed by atoms with Crippen molar-refractivity contribution in [1.82, 2.24) is 5.32 Å². The summed E-state index contributed by atoms with van der Waals surface area (Å²) in [6.07, 6.45) is 10.3. The maximum atomic E-state index is 9.08. The minimum atomic E-state index is 0.353. The fourth-order valence-electron chi connectivity index (χ4n) is 2.62. The first-order valence-electron chi connectivity index (χ1n) is 7.07. The summed E-state index contributed by atoms with van der Waals surface area (Å²) in [6, 6.07) is 0.641. The molecule has 1 fully saturated rings. The van der Waals surface area contributed by atoms with E-state index in [4.69, 9.17) is 5.11 Å². The average Bonchev–Trinajstić information content (AvgIpc) is 2.22. The fourth-order valence-corrected chi connectivity index (χ4v) is 2.62. The molecule has 16 heavy (non-hydrogen) atoms. The molecule has 2 nitrogen and oxygen atoms in total. The van der Waals surface area contributed by atoms with Crippen molar-refractivity contribution in [1.29, 1.82) is 0 Å². The minimum absolute atomic E-state index is 0.353. The highest BCUT2D eigenvalue weighted by Crippen LogP contribution is 2.43. The zero-order chi connectivity index (χ0) is 11.9. The molecular formula is C14H29NO. The summed E-state index contributed by atoms with van der Waals surface area (Å²) in [5.41, 5.74) is 0.438. The summed E-state index contributed by atoms with van der Waals surface area (Å²) in [4.78, 5) is 0. The van der Waals surface area contributed by atoms with Gasteiger partial charge in [-0.25, -0.2) is 0 Å².